The Labute approximate surface area is 157 Å². The molecule has 2 aliphatic heterocycles. The van der Waals surface area contributed by atoms with Crippen LogP contribution in [-0.4, -0.2) is 53.9 Å². The van der Waals surface area contributed by atoms with Gasteiger partial charge in [-0.15, -0.1) is 12.4 Å². The number of rotatable bonds is 5. The van der Waals surface area contributed by atoms with Crippen molar-refractivity contribution in [1.29, 1.82) is 0 Å². The zero-order valence-corrected chi connectivity index (χ0v) is 15.4. The highest BCUT2D eigenvalue weighted by Gasteiger charge is 2.35. The molecular formula is C17H23ClN4O4. The van der Waals surface area contributed by atoms with Crippen LogP contribution in [0.3, 0.4) is 0 Å². The van der Waals surface area contributed by atoms with Gasteiger partial charge in [0, 0.05) is 49.3 Å². The van der Waals surface area contributed by atoms with Gasteiger partial charge in [0.25, 0.3) is 11.6 Å². The number of amides is 2. The molecular weight excluding hydrogens is 360 g/mol. The first kappa shape index (κ1) is 20.1. The predicted molar refractivity (Wildman–Crippen MR) is 98.5 cm³/mol. The van der Waals surface area contributed by atoms with Crippen molar-refractivity contribution >= 4 is 29.9 Å². The van der Waals surface area contributed by atoms with Crippen molar-refractivity contribution in [2.75, 3.05) is 26.2 Å². The molecule has 0 spiro atoms. The quantitative estimate of drug-likeness (QED) is 0.589. The average molecular weight is 383 g/mol. The summed E-state index contributed by atoms with van der Waals surface area (Å²) in [6, 6.07) is 3.86. The molecule has 1 atom stereocenters. The summed E-state index contributed by atoms with van der Waals surface area (Å²) in [5.74, 6) is 0.101. The zero-order valence-electron chi connectivity index (χ0n) is 14.6. The highest BCUT2D eigenvalue weighted by Crippen LogP contribution is 2.24. The van der Waals surface area contributed by atoms with Crippen molar-refractivity contribution in [1.82, 2.24) is 15.5 Å². The first-order chi connectivity index (χ1) is 12.0. The Morgan fingerprint density at radius 2 is 2.12 bits per heavy atom. The van der Waals surface area contributed by atoms with Gasteiger partial charge >= 0.3 is 0 Å². The normalized spacial score (nSPS) is 19.4. The van der Waals surface area contributed by atoms with E-state index < -0.39 is 11.0 Å². The summed E-state index contributed by atoms with van der Waals surface area (Å²) < 4.78 is 0. The van der Waals surface area contributed by atoms with Crippen molar-refractivity contribution in [2.24, 2.45) is 5.92 Å². The molecule has 2 heterocycles. The number of nitro benzene ring substituents is 1. The second-order valence-electron chi connectivity index (χ2n) is 6.68. The molecule has 2 N–H and O–H groups in total. The van der Waals surface area contributed by atoms with Crippen LogP contribution in [0.5, 0.6) is 0 Å². The smallest absolute Gasteiger partial charge is 0.272 e. The second kappa shape index (κ2) is 8.46. The first-order valence-corrected chi connectivity index (χ1v) is 8.52. The minimum Gasteiger partial charge on any atom is -0.354 e. The fourth-order valence-corrected chi connectivity index (χ4v) is 3.30. The molecule has 0 aromatic heterocycles. The van der Waals surface area contributed by atoms with Gasteiger partial charge in [0.15, 0.2) is 0 Å². The van der Waals surface area contributed by atoms with Gasteiger partial charge in [-0.05, 0) is 31.9 Å². The number of nitrogens with one attached hydrogen (secondary N) is 2. The number of hydrogen-bond donors (Lipinski definition) is 2. The molecule has 2 saturated heterocycles. The lowest BCUT2D eigenvalue weighted by Crippen LogP contribution is -2.51. The number of halogens is 1. The largest absolute Gasteiger partial charge is 0.354 e. The summed E-state index contributed by atoms with van der Waals surface area (Å²) in [7, 11) is 0. The number of aryl methyl sites for hydroxylation is 1. The maximum absolute atomic E-state index is 12.8. The summed E-state index contributed by atoms with van der Waals surface area (Å²) >= 11 is 0. The number of carbonyl (C=O) groups excluding carboxylic acids is 2. The van der Waals surface area contributed by atoms with Gasteiger partial charge in [-0.1, -0.05) is 0 Å². The van der Waals surface area contributed by atoms with Crippen LogP contribution in [-0.2, 0) is 4.79 Å². The Bertz CT molecular complexity index is 708. The van der Waals surface area contributed by atoms with E-state index in [1.807, 2.05) is 0 Å². The molecule has 142 valence electrons. The minimum absolute atomic E-state index is 0. The van der Waals surface area contributed by atoms with E-state index >= 15 is 0 Å². The molecule has 3 rings (SSSR count). The monoisotopic (exact) mass is 382 g/mol. The molecule has 2 fully saturated rings. The van der Waals surface area contributed by atoms with Gasteiger partial charge in [-0.3, -0.25) is 19.7 Å². The number of hydrogen-bond acceptors (Lipinski definition) is 5. The van der Waals surface area contributed by atoms with Gasteiger partial charge < -0.3 is 15.5 Å². The highest BCUT2D eigenvalue weighted by atomic mass is 35.5. The number of nitrogens with zero attached hydrogens (tertiary/aromatic N) is 2. The van der Waals surface area contributed by atoms with Crippen LogP contribution in [0.2, 0.25) is 0 Å². The fraction of sp³-hybridized carbons (Fsp3) is 0.529. The van der Waals surface area contributed by atoms with E-state index in [1.54, 1.807) is 11.8 Å². The van der Waals surface area contributed by atoms with E-state index in [1.165, 1.54) is 18.2 Å². The predicted octanol–water partition coefficient (Wildman–Crippen LogP) is 1.27. The van der Waals surface area contributed by atoms with Gasteiger partial charge in [0.1, 0.15) is 6.04 Å². The van der Waals surface area contributed by atoms with Crippen LogP contribution in [0.4, 0.5) is 5.69 Å². The molecule has 0 aliphatic carbocycles. The molecule has 0 saturated carbocycles. The van der Waals surface area contributed by atoms with Gasteiger partial charge in [-0.25, -0.2) is 0 Å². The Balaban J connectivity index is 0.00000243. The summed E-state index contributed by atoms with van der Waals surface area (Å²) in [6.07, 6.45) is 1.42. The molecule has 0 bridgehead atoms. The first-order valence-electron chi connectivity index (χ1n) is 8.52. The third-order valence-electron chi connectivity index (χ3n) is 4.89. The molecule has 2 amide bonds. The standard InChI is InChI=1S/C17H22N4O4.ClH/c1-11-7-13(4-5-14(11)21(24)25)17(23)20-6-2-3-15(20)16(22)19-10-12-8-18-9-12;/h4-5,7,12,15,18H,2-3,6,8-10H2,1H3,(H,19,22);1H. The molecule has 1 aromatic rings. The Morgan fingerprint density at radius 3 is 2.69 bits per heavy atom. The second-order valence-corrected chi connectivity index (χ2v) is 6.68. The fourth-order valence-electron chi connectivity index (χ4n) is 3.30. The molecule has 2 aliphatic rings. The van der Waals surface area contributed by atoms with Crippen LogP contribution in [0.25, 0.3) is 0 Å². The van der Waals surface area contributed by atoms with E-state index in [0.29, 0.717) is 36.6 Å². The van der Waals surface area contributed by atoms with Gasteiger partial charge in [-0.2, -0.15) is 0 Å². The van der Waals surface area contributed by atoms with Crippen molar-refractivity contribution in [2.45, 2.75) is 25.8 Å². The third-order valence-corrected chi connectivity index (χ3v) is 4.89. The number of nitro groups is 1. The topological polar surface area (TPSA) is 105 Å². The maximum atomic E-state index is 12.8. The van der Waals surface area contributed by atoms with E-state index in [0.717, 1.165) is 19.5 Å². The van der Waals surface area contributed by atoms with E-state index in [4.69, 9.17) is 0 Å². The van der Waals surface area contributed by atoms with Crippen molar-refractivity contribution < 1.29 is 14.5 Å². The van der Waals surface area contributed by atoms with Crippen LogP contribution in [0.15, 0.2) is 18.2 Å². The van der Waals surface area contributed by atoms with Crippen LogP contribution in [0.1, 0.15) is 28.8 Å². The summed E-state index contributed by atoms with van der Waals surface area (Å²) in [4.78, 5) is 37.2. The molecule has 26 heavy (non-hydrogen) atoms. The molecule has 8 nitrogen and oxygen atoms in total. The number of benzene rings is 1. The summed E-state index contributed by atoms with van der Waals surface area (Å²) in [6.45, 7) is 4.58. The zero-order chi connectivity index (χ0) is 18.0. The van der Waals surface area contributed by atoms with Gasteiger partial charge in [0.05, 0.1) is 4.92 Å². The molecule has 9 heteroatoms. The summed E-state index contributed by atoms with van der Waals surface area (Å²) in [5.41, 5.74) is 0.806. The molecule has 1 aromatic carbocycles. The van der Waals surface area contributed by atoms with E-state index in [-0.39, 0.29) is 29.9 Å². The Hall–Kier alpha value is -2.19. The lowest BCUT2D eigenvalue weighted by atomic mass is 10.0. The highest BCUT2D eigenvalue weighted by molar-refractivity contribution is 5.98. The Morgan fingerprint density at radius 1 is 1.38 bits per heavy atom. The summed E-state index contributed by atoms with van der Waals surface area (Å²) in [5, 5.41) is 17.0. The van der Waals surface area contributed by atoms with Crippen LogP contribution < -0.4 is 10.6 Å². The molecule has 0 radical (unpaired) electrons. The Kier molecular flexibility index (Phi) is 6.55. The number of carbonyl (C=O) groups is 2. The van der Waals surface area contributed by atoms with Crippen molar-refractivity contribution in [3.8, 4) is 0 Å². The minimum atomic E-state index is -0.467. The third kappa shape index (κ3) is 4.13. The SMILES string of the molecule is Cc1cc(C(=O)N2CCCC2C(=O)NCC2CNC2)ccc1[N+](=O)[O-].Cl. The lowest BCUT2D eigenvalue weighted by molar-refractivity contribution is -0.385. The van der Waals surface area contributed by atoms with E-state index in [9.17, 15) is 19.7 Å². The maximum Gasteiger partial charge on any atom is 0.272 e. The van der Waals surface area contributed by atoms with Gasteiger partial charge in [0.2, 0.25) is 5.91 Å². The van der Waals surface area contributed by atoms with Crippen LogP contribution in [0, 0.1) is 23.0 Å². The van der Waals surface area contributed by atoms with Crippen molar-refractivity contribution in [3.05, 3.63) is 39.4 Å². The molecule has 1 unspecified atom stereocenters. The van der Waals surface area contributed by atoms with Crippen LogP contribution >= 0.6 is 12.4 Å². The van der Waals surface area contributed by atoms with Crippen molar-refractivity contribution in [3.63, 3.8) is 0 Å². The lowest BCUT2D eigenvalue weighted by Gasteiger charge is -2.29. The number of likely N-dealkylation sites (tertiary alicyclic amines) is 1. The average Bonchev–Trinajstić information content (AvgIpc) is 3.01. The van der Waals surface area contributed by atoms with E-state index in [2.05, 4.69) is 10.6 Å².